The van der Waals surface area contributed by atoms with Gasteiger partial charge in [0.25, 0.3) is 6.02 Å². The topological polar surface area (TPSA) is 28.1 Å². The SMILES string of the molecule is FC(F)(F)C1CN(c2ccccc2)C(OCC2CCN(Cc3ccsc3)CC2)=N1. The van der Waals surface area contributed by atoms with Crippen LogP contribution < -0.4 is 4.90 Å². The monoisotopic (exact) mass is 423 g/mol. The fraction of sp³-hybridized carbons (Fsp3) is 0.476. The number of aliphatic imine (C=N–C) groups is 1. The number of hydrogen-bond acceptors (Lipinski definition) is 5. The molecule has 1 atom stereocenters. The van der Waals surface area contributed by atoms with Gasteiger partial charge in [-0.1, -0.05) is 18.2 Å². The van der Waals surface area contributed by atoms with Crippen molar-refractivity contribution in [3.05, 3.63) is 52.7 Å². The van der Waals surface area contributed by atoms with Crippen molar-refractivity contribution in [1.82, 2.24) is 4.90 Å². The van der Waals surface area contributed by atoms with Gasteiger partial charge in [-0.15, -0.1) is 0 Å². The van der Waals surface area contributed by atoms with E-state index in [9.17, 15) is 13.2 Å². The average Bonchev–Trinajstić information content (AvgIpc) is 3.38. The van der Waals surface area contributed by atoms with E-state index < -0.39 is 12.2 Å². The summed E-state index contributed by atoms with van der Waals surface area (Å²) in [6.45, 7) is 3.08. The van der Waals surface area contributed by atoms with Gasteiger partial charge in [-0.25, -0.2) is 4.99 Å². The van der Waals surface area contributed by atoms with Crippen LogP contribution in [0.25, 0.3) is 0 Å². The molecule has 156 valence electrons. The van der Waals surface area contributed by atoms with E-state index in [0.717, 1.165) is 32.5 Å². The van der Waals surface area contributed by atoms with E-state index in [0.29, 0.717) is 18.2 Å². The minimum absolute atomic E-state index is 0.0826. The third-order valence-corrected chi connectivity index (χ3v) is 6.17. The van der Waals surface area contributed by atoms with Gasteiger partial charge in [0.1, 0.15) is 0 Å². The Morgan fingerprint density at radius 2 is 1.86 bits per heavy atom. The fourth-order valence-electron chi connectivity index (χ4n) is 3.75. The van der Waals surface area contributed by atoms with Crippen LogP contribution in [0.3, 0.4) is 0 Å². The van der Waals surface area contributed by atoms with Gasteiger partial charge < -0.3 is 4.74 Å². The zero-order valence-electron chi connectivity index (χ0n) is 16.0. The molecule has 0 radical (unpaired) electrons. The first-order chi connectivity index (χ1) is 14.0. The highest BCUT2D eigenvalue weighted by atomic mass is 32.1. The number of anilines is 1. The molecule has 4 rings (SSSR count). The summed E-state index contributed by atoms with van der Waals surface area (Å²) >= 11 is 1.71. The summed E-state index contributed by atoms with van der Waals surface area (Å²) in [6.07, 6.45) is -2.41. The highest BCUT2D eigenvalue weighted by molar-refractivity contribution is 7.07. The van der Waals surface area contributed by atoms with Crippen LogP contribution >= 0.6 is 11.3 Å². The summed E-state index contributed by atoms with van der Waals surface area (Å²) < 4.78 is 45.5. The predicted molar refractivity (Wildman–Crippen MR) is 109 cm³/mol. The minimum Gasteiger partial charge on any atom is -0.465 e. The Morgan fingerprint density at radius 1 is 1.10 bits per heavy atom. The van der Waals surface area contributed by atoms with Gasteiger partial charge in [0.15, 0.2) is 6.04 Å². The van der Waals surface area contributed by atoms with Crippen molar-refractivity contribution in [2.45, 2.75) is 31.6 Å². The maximum absolute atomic E-state index is 13.2. The van der Waals surface area contributed by atoms with Crippen molar-refractivity contribution < 1.29 is 17.9 Å². The molecule has 1 saturated heterocycles. The predicted octanol–water partition coefficient (Wildman–Crippen LogP) is 4.78. The number of nitrogens with zero attached hydrogens (tertiary/aromatic N) is 3. The molecule has 0 saturated carbocycles. The number of ether oxygens (including phenoxy) is 1. The first-order valence-corrected chi connectivity index (χ1v) is 10.8. The van der Waals surface area contributed by atoms with Gasteiger partial charge in [-0.2, -0.15) is 24.5 Å². The summed E-state index contributed by atoms with van der Waals surface area (Å²) in [5.74, 6) is 0.332. The summed E-state index contributed by atoms with van der Waals surface area (Å²) in [7, 11) is 0. The first-order valence-electron chi connectivity index (χ1n) is 9.82. The molecule has 0 amide bonds. The summed E-state index contributed by atoms with van der Waals surface area (Å²) in [5, 5.41) is 4.26. The van der Waals surface area contributed by atoms with Gasteiger partial charge in [-0.3, -0.25) is 9.80 Å². The van der Waals surface area contributed by atoms with Crippen molar-refractivity contribution in [1.29, 1.82) is 0 Å². The molecule has 4 nitrogen and oxygen atoms in total. The number of rotatable bonds is 5. The molecule has 1 fully saturated rings. The molecule has 3 heterocycles. The quantitative estimate of drug-likeness (QED) is 0.693. The lowest BCUT2D eigenvalue weighted by Crippen LogP contribution is -2.37. The normalized spacial score (nSPS) is 21.4. The van der Waals surface area contributed by atoms with E-state index in [1.54, 1.807) is 35.6 Å². The van der Waals surface area contributed by atoms with Crippen LogP contribution in [0.15, 0.2) is 52.2 Å². The lowest BCUT2D eigenvalue weighted by atomic mass is 9.97. The maximum Gasteiger partial charge on any atom is 0.412 e. The highest BCUT2D eigenvalue weighted by Gasteiger charge is 2.46. The third-order valence-electron chi connectivity index (χ3n) is 5.44. The molecule has 2 aliphatic rings. The molecule has 0 spiro atoms. The number of alkyl halides is 3. The number of piperidine rings is 1. The number of thiophene rings is 1. The lowest BCUT2D eigenvalue weighted by molar-refractivity contribution is -0.143. The Labute approximate surface area is 172 Å². The van der Waals surface area contributed by atoms with Crippen molar-refractivity contribution in [3.63, 3.8) is 0 Å². The van der Waals surface area contributed by atoms with Gasteiger partial charge in [0.05, 0.1) is 13.2 Å². The average molecular weight is 424 g/mol. The molecule has 0 aliphatic carbocycles. The summed E-state index contributed by atoms with van der Waals surface area (Å²) in [4.78, 5) is 7.80. The molecule has 8 heteroatoms. The number of amidine groups is 1. The van der Waals surface area contributed by atoms with Crippen molar-refractivity contribution in [2.75, 3.05) is 31.1 Å². The van der Waals surface area contributed by atoms with Gasteiger partial charge in [0, 0.05) is 12.2 Å². The van der Waals surface area contributed by atoms with Crippen molar-refractivity contribution in [2.24, 2.45) is 10.9 Å². The second-order valence-corrected chi connectivity index (χ2v) is 8.36. The molecule has 0 bridgehead atoms. The summed E-state index contributed by atoms with van der Waals surface area (Å²) in [5.41, 5.74) is 2.00. The van der Waals surface area contributed by atoms with Crippen LogP contribution in [0, 0.1) is 5.92 Å². The second kappa shape index (κ2) is 8.75. The van der Waals surface area contributed by atoms with Crippen LogP contribution in [-0.4, -0.2) is 49.4 Å². The van der Waals surface area contributed by atoms with E-state index in [1.807, 2.05) is 6.07 Å². The smallest absolute Gasteiger partial charge is 0.412 e. The van der Waals surface area contributed by atoms with Crippen LogP contribution in [0.1, 0.15) is 18.4 Å². The van der Waals surface area contributed by atoms with Crippen LogP contribution in [-0.2, 0) is 11.3 Å². The minimum atomic E-state index is -4.37. The molecular formula is C21H24F3N3OS. The Balaban J connectivity index is 1.33. The highest BCUT2D eigenvalue weighted by Crippen LogP contribution is 2.31. The van der Waals surface area contributed by atoms with Crippen LogP contribution in [0.5, 0.6) is 0 Å². The Bertz CT molecular complexity index is 802. The van der Waals surface area contributed by atoms with Crippen molar-refractivity contribution >= 4 is 23.0 Å². The van der Waals surface area contributed by atoms with Crippen molar-refractivity contribution in [3.8, 4) is 0 Å². The maximum atomic E-state index is 13.2. The van der Waals surface area contributed by atoms with E-state index in [-0.39, 0.29) is 12.6 Å². The van der Waals surface area contributed by atoms with E-state index in [2.05, 4.69) is 26.7 Å². The van der Waals surface area contributed by atoms with Crippen LogP contribution in [0.4, 0.5) is 18.9 Å². The van der Waals surface area contributed by atoms with E-state index in [4.69, 9.17) is 4.74 Å². The largest absolute Gasteiger partial charge is 0.465 e. The fourth-order valence-corrected chi connectivity index (χ4v) is 4.41. The Kier molecular flexibility index (Phi) is 6.10. The van der Waals surface area contributed by atoms with Gasteiger partial charge >= 0.3 is 6.18 Å². The lowest BCUT2D eigenvalue weighted by Gasteiger charge is -2.32. The molecule has 29 heavy (non-hydrogen) atoms. The van der Waals surface area contributed by atoms with E-state index >= 15 is 0 Å². The molecule has 1 aromatic heterocycles. The molecule has 1 unspecified atom stereocenters. The number of likely N-dealkylation sites (tertiary alicyclic amines) is 1. The first kappa shape index (κ1) is 20.2. The van der Waals surface area contributed by atoms with E-state index in [1.165, 1.54) is 10.5 Å². The second-order valence-electron chi connectivity index (χ2n) is 7.58. The number of benzene rings is 1. The number of halogens is 3. The molecule has 1 aromatic carbocycles. The zero-order valence-corrected chi connectivity index (χ0v) is 16.8. The number of hydrogen-bond donors (Lipinski definition) is 0. The number of para-hydroxylation sites is 1. The molecule has 0 N–H and O–H groups in total. The zero-order chi connectivity index (χ0) is 20.3. The third kappa shape index (κ3) is 5.11. The molecular weight excluding hydrogens is 399 g/mol. The standard InChI is InChI=1S/C21H24F3N3OS/c22-21(23,24)19-13-27(18-4-2-1-3-5-18)20(25-19)28-14-16-6-9-26(10-7-16)12-17-8-11-29-15-17/h1-5,8,11,15-16,19H,6-7,9-10,12-14H2. The Hall–Kier alpha value is -2.06. The molecule has 2 aliphatic heterocycles. The Morgan fingerprint density at radius 3 is 2.52 bits per heavy atom. The summed E-state index contributed by atoms with van der Waals surface area (Å²) in [6, 6.07) is 9.48. The van der Waals surface area contributed by atoms with Crippen LogP contribution in [0.2, 0.25) is 0 Å². The molecule has 2 aromatic rings. The van der Waals surface area contributed by atoms with Gasteiger partial charge in [0.2, 0.25) is 0 Å². The van der Waals surface area contributed by atoms with Gasteiger partial charge in [-0.05, 0) is 66.4 Å².